The van der Waals surface area contributed by atoms with E-state index in [-0.39, 0.29) is 12.3 Å². The van der Waals surface area contributed by atoms with Crippen LogP contribution in [0.4, 0.5) is 10.1 Å². The standard InChI is InChI=1S/C14H12ClFN2O2/c15-11-5-8(14(18)19)1-2-9(11)7-20-13-4-3-10(16)6-12(13)17/h1-6H,7,17H2,(H2,18,19). The molecule has 1 amide bonds. The number of anilines is 1. The molecule has 0 aliphatic rings. The van der Waals surface area contributed by atoms with E-state index in [1.165, 1.54) is 24.3 Å². The average molecular weight is 295 g/mol. The van der Waals surface area contributed by atoms with Gasteiger partial charge in [-0.15, -0.1) is 0 Å². The van der Waals surface area contributed by atoms with Crippen molar-refractivity contribution in [1.82, 2.24) is 0 Å². The maximum Gasteiger partial charge on any atom is 0.248 e. The number of carbonyl (C=O) groups excluding carboxylic acids is 1. The van der Waals surface area contributed by atoms with Crippen LogP contribution in [0, 0.1) is 5.82 Å². The van der Waals surface area contributed by atoms with Crippen molar-refractivity contribution in [3.63, 3.8) is 0 Å². The molecule has 4 nitrogen and oxygen atoms in total. The number of carbonyl (C=O) groups is 1. The summed E-state index contributed by atoms with van der Waals surface area (Å²) >= 11 is 6.03. The van der Waals surface area contributed by atoms with Gasteiger partial charge in [0.15, 0.2) is 0 Å². The van der Waals surface area contributed by atoms with Gasteiger partial charge in [0, 0.05) is 22.2 Å². The van der Waals surface area contributed by atoms with Crippen LogP contribution in [0.2, 0.25) is 5.02 Å². The van der Waals surface area contributed by atoms with Crippen molar-refractivity contribution < 1.29 is 13.9 Å². The van der Waals surface area contributed by atoms with E-state index in [0.717, 1.165) is 0 Å². The second kappa shape index (κ2) is 5.79. The second-order valence-electron chi connectivity index (χ2n) is 4.14. The van der Waals surface area contributed by atoms with Gasteiger partial charge >= 0.3 is 0 Å². The van der Waals surface area contributed by atoms with Crippen molar-refractivity contribution >= 4 is 23.2 Å². The van der Waals surface area contributed by atoms with Gasteiger partial charge in [0.05, 0.1) is 5.69 Å². The molecule has 4 N–H and O–H groups in total. The van der Waals surface area contributed by atoms with Crippen LogP contribution in [-0.4, -0.2) is 5.91 Å². The largest absolute Gasteiger partial charge is 0.487 e. The number of rotatable bonds is 4. The van der Waals surface area contributed by atoms with Crippen molar-refractivity contribution in [3.8, 4) is 5.75 Å². The fourth-order valence-corrected chi connectivity index (χ4v) is 1.86. The van der Waals surface area contributed by atoms with Crippen LogP contribution in [0.1, 0.15) is 15.9 Å². The van der Waals surface area contributed by atoms with Crippen molar-refractivity contribution in [2.45, 2.75) is 6.61 Å². The normalized spacial score (nSPS) is 10.3. The molecule has 0 fully saturated rings. The molecule has 0 bridgehead atoms. The Morgan fingerprint density at radius 2 is 2.00 bits per heavy atom. The Kier molecular flexibility index (Phi) is 4.10. The van der Waals surface area contributed by atoms with Crippen LogP contribution in [0.15, 0.2) is 36.4 Å². The zero-order valence-corrected chi connectivity index (χ0v) is 11.2. The van der Waals surface area contributed by atoms with Crippen LogP contribution in [-0.2, 0) is 6.61 Å². The Labute approximate surface area is 120 Å². The molecule has 2 aromatic carbocycles. The fourth-order valence-electron chi connectivity index (χ4n) is 1.62. The lowest BCUT2D eigenvalue weighted by Crippen LogP contribution is -2.11. The third-order valence-electron chi connectivity index (χ3n) is 2.69. The molecule has 0 saturated carbocycles. The van der Waals surface area contributed by atoms with E-state index < -0.39 is 11.7 Å². The highest BCUT2D eigenvalue weighted by molar-refractivity contribution is 6.31. The van der Waals surface area contributed by atoms with E-state index in [4.69, 9.17) is 27.8 Å². The highest BCUT2D eigenvalue weighted by atomic mass is 35.5. The van der Waals surface area contributed by atoms with Gasteiger partial charge in [0.25, 0.3) is 0 Å². The van der Waals surface area contributed by atoms with Gasteiger partial charge in [-0.25, -0.2) is 4.39 Å². The summed E-state index contributed by atoms with van der Waals surface area (Å²) in [6.07, 6.45) is 0. The van der Waals surface area contributed by atoms with Gasteiger partial charge in [0.2, 0.25) is 5.91 Å². The summed E-state index contributed by atoms with van der Waals surface area (Å²) in [6.45, 7) is 0.147. The first-order chi connectivity index (χ1) is 9.47. The Morgan fingerprint density at radius 1 is 1.25 bits per heavy atom. The highest BCUT2D eigenvalue weighted by Gasteiger charge is 2.08. The molecular formula is C14H12ClFN2O2. The monoisotopic (exact) mass is 294 g/mol. The van der Waals surface area contributed by atoms with E-state index in [1.807, 2.05) is 0 Å². The number of hydrogen-bond acceptors (Lipinski definition) is 3. The second-order valence-corrected chi connectivity index (χ2v) is 4.55. The van der Waals surface area contributed by atoms with E-state index in [2.05, 4.69) is 0 Å². The van der Waals surface area contributed by atoms with Crippen LogP contribution < -0.4 is 16.2 Å². The van der Waals surface area contributed by atoms with E-state index in [9.17, 15) is 9.18 Å². The molecule has 104 valence electrons. The minimum absolute atomic E-state index is 0.147. The number of ether oxygens (including phenoxy) is 1. The summed E-state index contributed by atoms with van der Waals surface area (Å²) in [5.41, 5.74) is 12.0. The van der Waals surface area contributed by atoms with Gasteiger partial charge < -0.3 is 16.2 Å². The Hall–Kier alpha value is -2.27. The summed E-state index contributed by atoms with van der Waals surface area (Å²) in [4.78, 5) is 11.0. The Bertz CT molecular complexity index is 662. The number of benzene rings is 2. The van der Waals surface area contributed by atoms with Gasteiger partial charge in [-0.3, -0.25) is 4.79 Å². The molecule has 0 aliphatic heterocycles. The first kappa shape index (κ1) is 14.1. The number of nitrogens with two attached hydrogens (primary N) is 2. The van der Waals surface area contributed by atoms with Crippen molar-refractivity contribution in [3.05, 3.63) is 58.4 Å². The molecular weight excluding hydrogens is 283 g/mol. The lowest BCUT2D eigenvalue weighted by molar-refractivity contribution is 0.1000. The molecule has 0 heterocycles. The van der Waals surface area contributed by atoms with Crippen LogP contribution in [0.3, 0.4) is 0 Å². The lowest BCUT2D eigenvalue weighted by atomic mass is 10.1. The summed E-state index contributed by atoms with van der Waals surface area (Å²) in [7, 11) is 0. The van der Waals surface area contributed by atoms with Crippen LogP contribution >= 0.6 is 11.6 Å². The van der Waals surface area contributed by atoms with Gasteiger partial charge in [-0.2, -0.15) is 0 Å². The van der Waals surface area contributed by atoms with E-state index in [1.54, 1.807) is 12.1 Å². The maximum atomic E-state index is 12.9. The Morgan fingerprint density at radius 3 is 2.60 bits per heavy atom. The smallest absolute Gasteiger partial charge is 0.248 e. The SMILES string of the molecule is NC(=O)c1ccc(COc2ccc(F)cc2N)c(Cl)c1. The van der Waals surface area contributed by atoms with E-state index >= 15 is 0 Å². The number of halogens is 2. The third kappa shape index (κ3) is 3.19. The van der Waals surface area contributed by atoms with Gasteiger partial charge in [-0.1, -0.05) is 17.7 Å². The predicted octanol–water partition coefficient (Wildman–Crippen LogP) is 2.74. The number of amides is 1. The molecule has 0 unspecified atom stereocenters. The molecule has 0 aromatic heterocycles. The van der Waals surface area contributed by atoms with Crippen molar-refractivity contribution in [2.75, 3.05) is 5.73 Å². The summed E-state index contributed by atoms with van der Waals surface area (Å²) in [6, 6.07) is 8.53. The molecule has 2 rings (SSSR count). The highest BCUT2D eigenvalue weighted by Crippen LogP contribution is 2.25. The predicted molar refractivity (Wildman–Crippen MR) is 75.1 cm³/mol. The van der Waals surface area contributed by atoms with Crippen molar-refractivity contribution in [1.29, 1.82) is 0 Å². The lowest BCUT2D eigenvalue weighted by Gasteiger charge is -2.10. The minimum atomic E-state index is -0.554. The number of primary amides is 1. The molecule has 20 heavy (non-hydrogen) atoms. The number of hydrogen-bond donors (Lipinski definition) is 2. The molecule has 0 atom stereocenters. The first-order valence-corrected chi connectivity index (χ1v) is 6.11. The Balaban J connectivity index is 2.13. The molecule has 0 spiro atoms. The molecule has 0 saturated heterocycles. The van der Waals surface area contributed by atoms with Gasteiger partial charge in [-0.05, 0) is 24.3 Å². The zero-order chi connectivity index (χ0) is 14.7. The molecule has 2 aromatic rings. The summed E-state index contributed by atoms with van der Waals surface area (Å²) in [5.74, 6) is -0.623. The minimum Gasteiger partial charge on any atom is -0.487 e. The summed E-state index contributed by atoms with van der Waals surface area (Å²) < 4.78 is 18.4. The van der Waals surface area contributed by atoms with Crippen molar-refractivity contribution in [2.24, 2.45) is 5.73 Å². The zero-order valence-electron chi connectivity index (χ0n) is 10.4. The summed E-state index contributed by atoms with van der Waals surface area (Å²) in [5, 5.41) is 0.363. The maximum absolute atomic E-state index is 12.9. The van der Waals surface area contributed by atoms with E-state index in [0.29, 0.717) is 21.9 Å². The average Bonchev–Trinajstić information content (AvgIpc) is 2.38. The molecule has 0 radical (unpaired) electrons. The third-order valence-corrected chi connectivity index (χ3v) is 3.04. The fraction of sp³-hybridized carbons (Fsp3) is 0.0714. The quantitative estimate of drug-likeness (QED) is 0.851. The number of nitrogen functional groups attached to an aromatic ring is 1. The molecule has 6 heteroatoms. The topological polar surface area (TPSA) is 78.3 Å². The van der Waals surface area contributed by atoms with Crippen LogP contribution in [0.25, 0.3) is 0 Å². The van der Waals surface area contributed by atoms with Gasteiger partial charge in [0.1, 0.15) is 18.2 Å². The van der Waals surface area contributed by atoms with Crippen LogP contribution in [0.5, 0.6) is 5.75 Å². The molecule has 0 aliphatic carbocycles. The first-order valence-electron chi connectivity index (χ1n) is 5.73.